The Morgan fingerprint density at radius 2 is 1.95 bits per heavy atom. The average molecular weight is 319 g/mol. The summed E-state index contributed by atoms with van der Waals surface area (Å²) >= 11 is 0. The molecule has 0 aromatic heterocycles. The summed E-state index contributed by atoms with van der Waals surface area (Å²) in [7, 11) is -3.74. The number of rotatable bonds is 5. The molecule has 1 fully saturated rings. The Labute approximate surface area is 124 Å². The molecule has 0 aromatic rings. The molecular formula is C12H21N3O5S. The number of carboxylic acids is 1. The molecule has 1 saturated heterocycles. The second-order valence-corrected chi connectivity index (χ2v) is 6.59. The van der Waals surface area contributed by atoms with E-state index < -0.39 is 16.2 Å². The lowest BCUT2D eigenvalue weighted by Gasteiger charge is -2.33. The fraction of sp³-hybridized carbons (Fsp3) is 0.667. The van der Waals surface area contributed by atoms with Crippen LogP contribution in [0.3, 0.4) is 0 Å². The van der Waals surface area contributed by atoms with Gasteiger partial charge in [0.2, 0.25) is 5.91 Å². The number of aliphatic carboxylic acids is 1. The first-order valence-corrected chi connectivity index (χ1v) is 8.14. The van der Waals surface area contributed by atoms with Gasteiger partial charge in [0.25, 0.3) is 10.2 Å². The SMILES string of the molecule is CC(C(=O)O)=C(C)C(=O)N1CCCC(CNS(N)(=O)=O)C1. The van der Waals surface area contributed by atoms with Crippen LogP contribution in [0.5, 0.6) is 0 Å². The van der Waals surface area contributed by atoms with Crippen LogP contribution in [0.15, 0.2) is 11.1 Å². The zero-order valence-corrected chi connectivity index (χ0v) is 12.9. The topological polar surface area (TPSA) is 130 Å². The standard InChI is InChI=1S/C12H21N3O5S/c1-8(9(2)12(17)18)11(16)15-5-3-4-10(7-15)6-14-21(13,19)20/h10,14H,3-7H2,1-2H3,(H,17,18)(H2,13,19,20). The van der Waals surface area contributed by atoms with E-state index in [0.29, 0.717) is 13.1 Å². The van der Waals surface area contributed by atoms with Gasteiger partial charge in [-0.3, -0.25) is 4.79 Å². The molecule has 21 heavy (non-hydrogen) atoms. The summed E-state index contributed by atoms with van der Waals surface area (Å²) in [5.41, 5.74) is 0.215. The highest BCUT2D eigenvalue weighted by Gasteiger charge is 2.26. The monoisotopic (exact) mass is 319 g/mol. The van der Waals surface area contributed by atoms with Crippen LogP contribution < -0.4 is 9.86 Å². The number of nitrogens with zero attached hydrogens (tertiary/aromatic N) is 1. The summed E-state index contributed by atoms with van der Waals surface area (Å²) < 4.78 is 24.0. The van der Waals surface area contributed by atoms with Crippen LogP contribution in [0.1, 0.15) is 26.7 Å². The van der Waals surface area contributed by atoms with Gasteiger partial charge in [0.1, 0.15) is 0 Å². The Kier molecular flexibility index (Phi) is 5.87. The number of nitrogens with two attached hydrogens (primary N) is 1. The maximum Gasteiger partial charge on any atom is 0.331 e. The van der Waals surface area contributed by atoms with Gasteiger partial charge < -0.3 is 10.0 Å². The van der Waals surface area contributed by atoms with Crippen molar-refractivity contribution in [2.75, 3.05) is 19.6 Å². The molecule has 1 aliphatic rings. The van der Waals surface area contributed by atoms with Crippen molar-refractivity contribution >= 4 is 22.1 Å². The molecule has 0 saturated carbocycles. The number of amides is 1. The lowest BCUT2D eigenvalue weighted by atomic mass is 9.97. The molecule has 1 aliphatic heterocycles. The van der Waals surface area contributed by atoms with Gasteiger partial charge in [-0.2, -0.15) is 8.42 Å². The maximum atomic E-state index is 12.2. The molecule has 9 heteroatoms. The Bertz CT molecular complexity index is 555. The molecule has 4 N–H and O–H groups in total. The number of carbonyl (C=O) groups is 2. The van der Waals surface area contributed by atoms with E-state index in [1.807, 2.05) is 0 Å². The molecule has 1 amide bonds. The number of hydrogen-bond donors (Lipinski definition) is 3. The predicted octanol–water partition coefficient (Wildman–Crippen LogP) is -0.561. The number of hydrogen-bond acceptors (Lipinski definition) is 4. The number of piperidine rings is 1. The number of carbonyl (C=O) groups excluding carboxylic acids is 1. The molecule has 1 atom stereocenters. The largest absolute Gasteiger partial charge is 0.478 e. The van der Waals surface area contributed by atoms with E-state index in [-0.39, 0.29) is 29.5 Å². The van der Waals surface area contributed by atoms with E-state index in [1.165, 1.54) is 13.8 Å². The highest BCUT2D eigenvalue weighted by atomic mass is 32.2. The fourth-order valence-electron chi connectivity index (χ4n) is 2.21. The van der Waals surface area contributed by atoms with E-state index in [2.05, 4.69) is 4.72 Å². The van der Waals surface area contributed by atoms with Crippen molar-refractivity contribution in [2.24, 2.45) is 11.1 Å². The predicted molar refractivity (Wildman–Crippen MR) is 76.4 cm³/mol. The van der Waals surface area contributed by atoms with Crippen molar-refractivity contribution < 1.29 is 23.1 Å². The summed E-state index contributed by atoms with van der Waals surface area (Å²) in [6.45, 7) is 3.96. The van der Waals surface area contributed by atoms with Crippen LogP contribution in [0.25, 0.3) is 0 Å². The minimum absolute atomic E-state index is 0.0183. The third-order valence-electron chi connectivity index (χ3n) is 3.58. The van der Waals surface area contributed by atoms with Crippen molar-refractivity contribution in [3.05, 3.63) is 11.1 Å². The first-order chi connectivity index (χ1) is 9.61. The van der Waals surface area contributed by atoms with Gasteiger partial charge in [0.15, 0.2) is 0 Å². The minimum Gasteiger partial charge on any atom is -0.478 e. The quantitative estimate of drug-likeness (QED) is 0.585. The Hall–Kier alpha value is -1.45. The zero-order valence-electron chi connectivity index (χ0n) is 12.1. The molecule has 0 bridgehead atoms. The van der Waals surface area contributed by atoms with Crippen LogP contribution in [-0.2, 0) is 19.8 Å². The highest BCUT2D eigenvalue weighted by molar-refractivity contribution is 7.87. The van der Waals surface area contributed by atoms with Gasteiger partial charge in [-0.25, -0.2) is 14.7 Å². The van der Waals surface area contributed by atoms with Crippen molar-refractivity contribution in [1.29, 1.82) is 0 Å². The summed E-state index contributed by atoms with van der Waals surface area (Å²) in [5, 5.41) is 13.8. The Balaban J connectivity index is 2.70. The van der Waals surface area contributed by atoms with E-state index >= 15 is 0 Å². The average Bonchev–Trinajstić information content (AvgIpc) is 2.42. The van der Waals surface area contributed by atoms with E-state index in [9.17, 15) is 18.0 Å². The van der Waals surface area contributed by atoms with Crippen LogP contribution in [0.4, 0.5) is 0 Å². The van der Waals surface area contributed by atoms with Crippen LogP contribution >= 0.6 is 0 Å². The third kappa shape index (κ3) is 5.44. The summed E-state index contributed by atoms with van der Waals surface area (Å²) in [5.74, 6) is -1.47. The van der Waals surface area contributed by atoms with Crippen molar-refractivity contribution in [2.45, 2.75) is 26.7 Å². The lowest BCUT2D eigenvalue weighted by Crippen LogP contribution is -2.45. The van der Waals surface area contributed by atoms with E-state index in [0.717, 1.165) is 12.8 Å². The first-order valence-electron chi connectivity index (χ1n) is 6.59. The molecule has 8 nitrogen and oxygen atoms in total. The van der Waals surface area contributed by atoms with Crippen molar-refractivity contribution in [1.82, 2.24) is 9.62 Å². The molecule has 0 aromatic carbocycles. The Morgan fingerprint density at radius 3 is 2.48 bits per heavy atom. The normalized spacial score (nSPS) is 20.9. The molecule has 1 unspecified atom stereocenters. The minimum atomic E-state index is -3.74. The highest BCUT2D eigenvalue weighted by Crippen LogP contribution is 2.19. The Morgan fingerprint density at radius 1 is 1.33 bits per heavy atom. The molecule has 0 radical (unpaired) electrons. The first kappa shape index (κ1) is 17.6. The molecule has 0 spiro atoms. The summed E-state index contributed by atoms with van der Waals surface area (Å²) in [6.07, 6.45) is 1.52. The van der Waals surface area contributed by atoms with Crippen LogP contribution in [0.2, 0.25) is 0 Å². The van der Waals surface area contributed by atoms with E-state index in [4.69, 9.17) is 10.2 Å². The fourth-order valence-corrected chi connectivity index (χ4v) is 2.68. The lowest BCUT2D eigenvalue weighted by molar-refractivity contribution is -0.134. The second-order valence-electron chi connectivity index (χ2n) is 5.21. The van der Waals surface area contributed by atoms with Gasteiger partial charge in [0, 0.05) is 30.8 Å². The summed E-state index contributed by atoms with van der Waals surface area (Å²) in [4.78, 5) is 24.7. The van der Waals surface area contributed by atoms with Gasteiger partial charge >= 0.3 is 5.97 Å². The molecule has 0 aliphatic carbocycles. The zero-order chi connectivity index (χ0) is 16.2. The molecule has 1 heterocycles. The van der Waals surface area contributed by atoms with Gasteiger partial charge in [-0.1, -0.05) is 0 Å². The molecule has 1 rings (SSSR count). The van der Waals surface area contributed by atoms with Gasteiger partial charge in [0.05, 0.1) is 0 Å². The van der Waals surface area contributed by atoms with E-state index in [1.54, 1.807) is 4.90 Å². The molecular weight excluding hydrogens is 298 g/mol. The van der Waals surface area contributed by atoms with Crippen molar-refractivity contribution in [3.63, 3.8) is 0 Å². The maximum absolute atomic E-state index is 12.2. The van der Waals surface area contributed by atoms with Gasteiger partial charge in [-0.15, -0.1) is 0 Å². The summed E-state index contributed by atoms with van der Waals surface area (Å²) in [6, 6.07) is 0. The van der Waals surface area contributed by atoms with Crippen LogP contribution in [0, 0.1) is 5.92 Å². The smallest absolute Gasteiger partial charge is 0.331 e. The second kappa shape index (κ2) is 7.01. The number of nitrogens with one attached hydrogen (secondary N) is 1. The number of carboxylic acid groups (broad SMARTS) is 1. The number of likely N-dealkylation sites (tertiary alicyclic amines) is 1. The van der Waals surface area contributed by atoms with Crippen molar-refractivity contribution in [3.8, 4) is 0 Å². The van der Waals surface area contributed by atoms with Crippen LogP contribution in [-0.4, -0.2) is 49.9 Å². The van der Waals surface area contributed by atoms with Gasteiger partial charge in [-0.05, 0) is 32.6 Å². The molecule has 120 valence electrons. The third-order valence-corrected chi connectivity index (χ3v) is 4.15.